The first-order chi connectivity index (χ1) is 13.7. The SMILES string of the molecule is O=C(NCc1cccc(COC2CCOCC2)c1)C12CC3CC(CC(C3)C1)C2. The normalized spacial score (nSPS) is 34.5. The van der Waals surface area contributed by atoms with Crippen molar-refractivity contribution in [2.24, 2.45) is 23.2 Å². The summed E-state index contributed by atoms with van der Waals surface area (Å²) in [7, 11) is 0. The molecule has 0 atom stereocenters. The highest BCUT2D eigenvalue weighted by Gasteiger charge is 2.54. The summed E-state index contributed by atoms with van der Waals surface area (Å²) in [5, 5.41) is 3.29. The maximum absolute atomic E-state index is 13.1. The molecule has 1 aromatic carbocycles. The fourth-order valence-corrected chi connectivity index (χ4v) is 6.64. The predicted molar refractivity (Wildman–Crippen MR) is 108 cm³/mol. The Morgan fingerprint density at radius 3 is 2.36 bits per heavy atom. The highest BCUT2D eigenvalue weighted by molar-refractivity contribution is 5.83. The molecule has 4 aliphatic carbocycles. The first kappa shape index (κ1) is 18.6. The van der Waals surface area contributed by atoms with Gasteiger partial charge in [-0.05, 0) is 80.2 Å². The molecule has 6 rings (SSSR count). The van der Waals surface area contributed by atoms with Gasteiger partial charge in [-0.15, -0.1) is 0 Å². The number of amides is 1. The minimum atomic E-state index is -0.0570. The Balaban J connectivity index is 1.16. The number of hydrogen-bond donors (Lipinski definition) is 1. The Morgan fingerprint density at radius 1 is 1.04 bits per heavy atom. The summed E-state index contributed by atoms with van der Waals surface area (Å²) in [5.41, 5.74) is 2.30. The number of benzene rings is 1. The van der Waals surface area contributed by atoms with Gasteiger partial charge >= 0.3 is 0 Å². The van der Waals surface area contributed by atoms with E-state index in [1.807, 2.05) is 0 Å². The van der Waals surface area contributed by atoms with Crippen molar-refractivity contribution in [1.29, 1.82) is 0 Å². The number of hydrogen-bond acceptors (Lipinski definition) is 3. The largest absolute Gasteiger partial charge is 0.381 e. The van der Waals surface area contributed by atoms with Crippen LogP contribution in [-0.4, -0.2) is 25.2 Å². The Labute approximate surface area is 168 Å². The highest BCUT2D eigenvalue weighted by Crippen LogP contribution is 2.60. The van der Waals surface area contributed by atoms with E-state index < -0.39 is 0 Å². The predicted octanol–water partition coefficient (Wildman–Crippen LogP) is 4.21. The highest BCUT2D eigenvalue weighted by atomic mass is 16.5. The summed E-state index contributed by atoms with van der Waals surface area (Å²) in [6, 6.07) is 8.48. The second kappa shape index (κ2) is 7.79. The summed E-state index contributed by atoms with van der Waals surface area (Å²) in [6.45, 7) is 2.88. The average Bonchev–Trinajstić information content (AvgIpc) is 2.70. The summed E-state index contributed by atoms with van der Waals surface area (Å²) >= 11 is 0. The smallest absolute Gasteiger partial charge is 0.226 e. The van der Waals surface area contributed by atoms with Crippen molar-refractivity contribution in [3.8, 4) is 0 Å². The number of rotatable bonds is 6. The zero-order valence-corrected chi connectivity index (χ0v) is 16.8. The van der Waals surface area contributed by atoms with E-state index in [9.17, 15) is 4.79 Å². The summed E-state index contributed by atoms with van der Waals surface area (Å²) in [4.78, 5) is 13.1. The third kappa shape index (κ3) is 3.86. The maximum atomic E-state index is 13.1. The maximum Gasteiger partial charge on any atom is 0.226 e. The van der Waals surface area contributed by atoms with Crippen LogP contribution < -0.4 is 5.32 Å². The van der Waals surface area contributed by atoms with Crippen molar-refractivity contribution in [2.45, 2.75) is 70.6 Å². The van der Waals surface area contributed by atoms with Gasteiger partial charge < -0.3 is 14.8 Å². The number of carbonyl (C=O) groups is 1. The third-order valence-electron chi connectivity index (χ3n) is 7.62. The van der Waals surface area contributed by atoms with Gasteiger partial charge in [-0.3, -0.25) is 4.79 Å². The topological polar surface area (TPSA) is 47.6 Å². The number of ether oxygens (including phenoxy) is 2. The standard InChI is InChI=1S/C24H33NO3/c26-23(24-12-19-9-20(13-24)11-21(10-19)14-24)25-15-17-2-1-3-18(8-17)16-28-22-4-6-27-7-5-22/h1-3,8,19-22H,4-7,9-16H2,(H,25,26). The van der Waals surface area contributed by atoms with E-state index in [0.29, 0.717) is 25.2 Å². The number of carbonyl (C=O) groups excluding carboxylic acids is 1. The molecule has 1 saturated heterocycles. The van der Waals surface area contributed by atoms with E-state index in [0.717, 1.165) is 63.1 Å². The van der Waals surface area contributed by atoms with E-state index in [2.05, 4.69) is 29.6 Å². The minimum Gasteiger partial charge on any atom is -0.381 e. The van der Waals surface area contributed by atoms with Crippen LogP contribution in [0, 0.1) is 23.2 Å². The van der Waals surface area contributed by atoms with Gasteiger partial charge in [0.1, 0.15) is 0 Å². The van der Waals surface area contributed by atoms with Crippen molar-refractivity contribution < 1.29 is 14.3 Å². The monoisotopic (exact) mass is 383 g/mol. The molecule has 0 radical (unpaired) electrons. The second-order valence-electron chi connectivity index (χ2n) is 9.82. The lowest BCUT2D eigenvalue weighted by Gasteiger charge is -2.55. The van der Waals surface area contributed by atoms with Crippen LogP contribution in [0.5, 0.6) is 0 Å². The second-order valence-corrected chi connectivity index (χ2v) is 9.82. The fourth-order valence-electron chi connectivity index (χ4n) is 6.64. The van der Waals surface area contributed by atoms with Gasteiger partial charge in [-0.2, -0.15) is 0 Å². The Bertz CT molecular complexity index is 674. The molecule has 5 aliphatic rings. The lowest BCUT2D eigenvalue weighted by atomic mass is 9.49. The Morgan fingerprint density at radius 2 is 1.68 bits per heavy atom. The van der Waals surface area contributed by atoms with Gasteiger partial charge in [0.2, 0.25) is 5.91 Å². The first-order valence-electron chi connectivity index (χ1n) is 11.2. The van der Waals surface area contributed by atoms with Crippen molar-refractivity contribution in [1.82, 2.24) is 5.32 Å². The number of nitrogens with one attached hydrogen (secondary N) is 1. The third-order valence-corrected chi connectivity index (χ3v) is 7.62. The molecular formula is C24H33NO3. The molecule has 0 unspecified atom stereocenters. The molecule has 1 aliphatic heterocycles. The van der Waals surface area contributed by atoms with E-state index in [1.54, 1.807) is 0 Å². The summed E-state index contributed by atoms with van der Waals surface area (Å²) in [5.74, 6) is 2.74. The molecule has 28 heavy (non-hydrogen) atoms. The average molecular weight is 384 g/mol. The molecule has 1 heterocycles. The molecule has 0 spiro atoms. The quantitative estimate of drug-likeness (QED) is 0.800. The Kier molecular flexibility index (Phi) is 5.18. The van der Waals surface area contributed by atoms with E-state index >= 15 is 0 Å². The molecule has 152 valence electrons. The van der Waals surface area contributed by atoms with Gasteiger partial charge in [0.05, 0.1) is 12.7 Å². The van der Waals surface area contributed by atoms with Crippen molar-refractivity contribution in [2.75, 3.05) is 13.2 Å². The van der Waals surface area contributed by atoms with Crippen LogP contribution in [-0.2, 0) is 27.4 Å². The summed E-state index contributed by atoms with van der Waals surface area (Å²) in [6.07, 6.45) is 9.80. The molecule has 1 amide bonds. The molecule has 4 bridgehead atoms. The van der Waals surface area contributed by atoms with Crippen molar-refractivity contribution in [3.63, 3.8) is 0 Å². The van der Waals surface area contributed by atoms with E-state index in [4.69, 9.17) is 9.47 Å². The molecule has 4 heteroatoms. The fraction of sp³-hybridized carbons (Fsp3) is 0.708. The molecule has 0 aromatic heterocycles. The van der Waals surface area contributed by atoms with Crippen LogP contribution in [0.3, 0.4) is 0 Å². The zero-order valence-electron chi connectivity index (χ0n) is 16.8. The summed E-state index contributed by atoms with van der Waals surface area (Å²) < 4.78 is 11.4. The zero-order chi connectivity index (χ0) is 19.0. The minimum absolute atomic E-state index is 0.0570. The van der Waals surface area contributed by atoms with Crippen LogP contribution in [0.2, 0.25) is 0 Å². The lowest BCUT2D eigenvalue weighted by Crippen LogP contribution is -2.53. The van der Waals surface area contributed by atoms with Gasteiger partial charge in [0.15, 0.2) is 0 Å². The molecule has 5 fully saturated rings. The van der Waals surface area contributed by atoms with Crippen molar-refractivity contribution >= 4 is 5.91 Å². The van der Waals surface area contributed by atoms with Crippen LogP contribution in [0.15, 0.2) is 24.3 Å². The molecule has 1 N–H and O–H groups in total. The molecule has 4 nitrogen and oxygen atoms in total. The van der Waals surface area contributed by atoms with Crippen LogP contribution in [0.4, 0.5) is 0 Å². The van der Waals surface area contributed by atoms with Crippen molar-refractivity contribution in [3.05, 3.63) is 35.4 Å². The Hall–Kier alpha value is -1.39. The van der Waals surface area contributed by atoms with Gasteiger partial charge in [-0.1, -0.05) is 24.3 Å². The lowest BCUT2D eigenvalue weighted by molar-refractivity contribution is -0.146. The van der Waals surface area contributed by atoms with E-state index in [1.165, 1.54) is 30.4 Å². The van der Waals surface area contributed by atoms with Crippen LogP contribution >= 0.6 is 0 Å². The molecule has 1 aromatic rings. The van der Waals surface area contributed by atoms with Crippen LogP contribution in [0.25, 0.3) is 0 Å². The molecular weight excluding hydrogens is 350 g/mol. The van der Waals surface area contributed by atoms with E-state index in [-0.39, 0.29) is 5.41 Å². The first-order valence-corrected chi connectivity index (χ1v) is 11.2. The van der Waals surface area contributed by atoms with Gasteiger partial charge in [0, 0.05) is 25.2 Å². The van der Waals surface area contributed by atoms with Gasteiger partial charge in [-0.25, -0.2) is 0 Å². The molecule has 4 saturated carbocycles. The van der Waals surface area contributed by atoms with Gasteiger partial charge in [0.25, 0.3) is 0 Å². The van der Waals surface area contributed by atoms with Crippen LogP contribution in [0.1, 0.15) is 62.5 Å².